The van der Waals surface area contributed by atoms with Gasteiger partial charge in [-0.2, -0.15) is 17.9 Å². The number of likely N-dealkylation sites (N-methyl/N-ethyl adjacent to an activating group) is 1. The van der Waals surface area contributed by atoms with E-state index < -0.39 is 12.0 Å². The molecule has 10 heteroatoms. The van der Waals surface area contributed by atoms with E-state index in [0.29, 0.717) is 12.3 Å². The first kappa shape index (κ1) is 26.8. The molecule has 1 aliphatic heterocycles. The minimum Gasteiger partial charge on any atom is -0.496 e. The highest BCUT2D eigenvalue weighted by atomic mass is 19.4. The first-order chi connectivity index (χ1) is 18.9. The molecule has 1 saturated heterocycles. The summed E-state index contributed by atoms with van der Waals surface area (Å²) in [6.07, 6.45) is -4.67. The zero-order valence-electron chi connectivity index (χ0n) is 21.9. The number of hydrogen-bond acceptors (Lipinski definition) is 6. The summed E-state index contributed by atoms with van der Waals surface area (Å²) in [6, 6.07) is 26.2. The van der Waals surface area contributed by atoms with Crippen LogP contribution in [0.15, 0.2) is 78.9 Å². The Morgan fingerprint density at radius 3 is 2.21 bits per heavy atom. The molecule has 39 heavy (non-hydrogen) atoms. The summed E-state index contributed by atoms with van der Waals surface area (Å²) in [5.41, 5.74) is 3.52. The van der Waals surface area contributed by atoms with Crippen molar-refractivity contribution in [2.45, 2.75) is 31.6 Å². The van der Waals surface area contributed by atoms with E-state index in [1.54, 1.807) is 19.2 Å². The molecule has 0 saturated carbocycles. The van der Waals surface area contributed by atoms with Crippen LogP contribution >= 0.6 is 0 Å². The van der Waals surface area contributed by atoms with Gasteiger partial charge in [-0.1, -0.05) is 67.6 Å². The third-order valence-electron chi connectivity index (χ3n) is 7.35. The second kappa shape index (κ2) is 11.5. The average molecular weight is 537 g/mol. The van der Waals surface area contributed by atoms with Crippen molar-refractivity contribution in [3.05, 3.63) is 101 Å². The standard InChI is InChI=1S/C29H31F3N6O/c1-3-37-17-16-36(20-25(37)27(21-10-6-4-7-11-21)22-12-8-5-9-13-22)19-23-18-24(14-15-26(23)39-2)38-28(29(30,31)32)33-34-35-38/h4-15,18,25,27H,3,16-17,19-20H2,1-2H3. The van der Waals surface area contributed by atoms with Crippen molar-refractivity contribution >= 4 is 0 Å². The van der Waals surface area contributed by atoms with Gasteiger partial charge >= 0.3 is 6.18 Å². The number of methoxy groups -OCH3 is 1. The number of rotatable bonds is 8. The molecule has 1 fully saturated rings. The molecule has 1 atom stereocenters. The largest absolute Gasteiger partial charge is 0.496 e. The Hall–Kier alpha value is -3.76. The monoisotopic (exact) mass is 536 g/mol. The summed E-state index contributed by atoms with van der Waals surface area (Å²) in [5, 5.41) is 10.0. The predicted molar refractivity (Wildman–Crippen MR) is 142 cm³/mol. The van der Waals surface area contributed by atoms with Crippen molar-refractivity contribution < 1.29 is 17.9 Å². The zero-order valence-corrected chi connectivity index (χ0v) is 21.9. The third kappa shape index (κ3) is 5.81. The second-order valence-corrected chi connectivity index (χ2v) is 9.64. The molecule has 0 radical (unpaired) electrons. The van der Waals surface area contributed by atoms with Crippen molar-refractivity contribution in [3.8, 4) is 11.4 Å². The number of aromatic nitrogens is 4. The van der Waals surface area contributed by atoms with Gasteiger partial charge in [-0.3, -0.25) is 9.80 Å². The third-order valence-corrected chi connectivity index (χ3v) is 7.35. The van der Waals surface area contributed by atoms with Gasteiger partial charge in [-0.15, -0.1) is 5.10 Å². The zero-order chi connectivity index (χ0) is 27.4. The van der Waals surface area contributed by atoms with Crippen molar-refractivity contribution in [1.82, 2.24) is 30.0 Å². The van der Waals surface area contributed by atoms with E-state index >= 15 is 0 Å². The lowest BCUT2D eigenvalue weighted by Crippen LogP contribution is -2.55. The lowest BCUT2D eigenvalue weighted by atomic mass is 9.83. The number of benzene rings is 3. The summed E-state index contributed by atoms with van der Waals surface area (Å²) in [6.45, 7) is 6.12. The van der Waals surface area contributed by atoms with Crippen molar-refractivity contribution in [2.24, 2.45) is 0 Å². The fraction of sp³-hybridized carbons (Fsp3) is 0.345. The summed E-state index contributed by atoms with van der Waals surface area (Å²) in [4.78, 5) is 4.87. The number of nitrogens with zero attached hydrogens (tertiary/aromatic N) is 6. The molecule has 1 aliphatic rings. The lowest BCUT2D eigenvalue weighted by Gasteiger charge is -2.45. The first-order valence-electron chi connectivity index (χ1n) is 13.0. The van der Waals surface area contributed by atoms with E-state index in [2.05, 4.69) is 80.8 Å². The molecule has 0 amide bonds. The predicted octanol–water partition coefficient (Wildman–Crippen LogP) is 5.03. The number of ether oxygens (including phenoxy) is 1. The van der Waals surface area contributed by atoms with Gasteiger partial charge in [0.25, 0.3) is 5.82 Å². The molecule has 1 aromatic heterocycles. The molecule has 0 N–H and O–H groups in total. The fourth-order valence-electron chi connectivity index (χ4n) is 5.52. The van der Waals surface area contributed by atoms with Crippen molar-refractivity contribution in [3.63, 3.8) is 0 Å². The molecule has 204 valence electrons. The normalized spacial score (nSPS) is 17.0. The van der Waals surface area contributed by atoms with Gasteiger partial charge in [0.2, 0.25) is 0 Å². The summed E-state index contributed by atoms with van der Waals surface area (Å²) in [7, 11) is 1.56. The molecule has 1 unspecified atom stereocenters. The lowest BCUT2D eigenvalue weighted by molar-refractivity contribution is -0.146. The van der Waals surface area contributed by atoms with Crippen LogP contribution in [-0.4, -0.2) is 69.3 Å². The van der Waals surface area contributed by atoms with Crippen molar-refractivity contribution in [2.75, 3.05) is 33.3 Å². The Morgan fingerprint density at radius 2 is 1.62 bits per heavy atom. The summed E-state index contributed by atoms with van der Waals surface area (Å²) < 4.78 is 46.7. The highest BCUT2D eigenvalue weighted by Gasteiger charge is 2.39. The van der Waals surface area contributed by atoms with Crippen LogP contribution in [-0.2, 0) is 12.7 Å². The van der Waals surface area contributed by atoms with E-state index in [9.17, 15) is 13.2 Å². The highest BCUT2D eigenvalue weighted by Crippen LogP contribution is 2.34. The molecule has 0 bridgehead atoms. The van der Waals surface area contributed by atoms with E-state index in [1.807, 2.05) is 12.1 Å². The minimum atomic E-state index is -4.67. The number of tetrazole rings is 1. The number of alkyl halides is 3. The van der Waals surface area contributed by atoms with Crippen LogP contribution in [0.2, 0.25) is 0 Å². The Morgan fingerprint density at radius 1 is 0.949 bits per heavy atom. The average Bonchev–Trinajstić information content (AvgIpc) is 3.46. The van der Waals surface area contributed by atoms with Gasteiger partial charge in [0.1, 0.15) is 5.75 Å². The highest BCUT2D eigenvalue weighted by molar-refractivity contribution is 5.44. The van der Waals surface area contributed by atoms with Gasteiger partial charge in [-0.05, 0) is 46.3 Å². The van der Waals surface area contributed by atoms with Crippen LogP contribution < -0.4 is 4.74 Å². The molecular weight excluding hydrogens is 505 g/mol. The summed E-state index contributed by atoms with van der Waals surface area (Å²) in [5.74, 6) is -0.389. The maximum Gasteiger partial charge on any atom is 0.453 e. The van der Waals surface area contributed by atoms with Gasteiger partial charge in [0.05, 0.1) is 12.8 Å². The molecule has 4 aromatic rings. The van der Waals surface area contributed by atoms with Gasteiger partial charge in [0.15, 0.2) is 0 Å². The SMILES string of the molecule is CCN1CCN(Cc2cc(-n3nnnc3C(F)(F)F)ccc2OC)CC1C(c1ccccc1)c1ccccc1. The number of piperazine rings is 1. The quantitative estimate of drug-likeness (QED) is 0.315. The van der Waals surface area contributed by atoms with Crippen LogP contribution in [0.25, 0.3) is 5.69 Å². The Bertz CT molecular complexity index is 1320. The first-order valence-corrected chi connectivity index (χ1v) is 13.0. The molecule has 0 aliphatic carbocycles. The molecule has 7 nitrogen and oxygen atoms in total. The maximum absolute atomic E-state index is 13.5. The van der Waals surface area contributed by atoms with E-state index in [4.69, 9.17) is 4.74 Å². The van der Waals surface area contributed by atoms with E-state index in [-0.39, 0.29) is 17.6 Å². The van der Waals surface area contributed by atoms with Crippen LogP contribution in [0.3, 0.4) is 0 Å². The second-order valence-electron chi connectivity index (χ2n) is 9.64. The fourth-order valence-corrected chi connectivity index (χ4v) is 5.52. The number of hydrogen-bond donors (Lipinski definition) is 0. The van der Waals surface area contributed by atoms with Gasteiger partial charge < -0.3 is 4.74 Å². The maximum atomic E-state index is 13.5. The molecule has 5 rings (SSSR count). The summed E-state index contributed by atoms with van der Waals surface area (Å²) >= 11 is 0. The number of halogens is 3. The smallest absolute Gasteiger partial charge is 0.453 e. The van der Waals surface area contributed by atoms with E-state index in [0.717, 1.165) is 36.4 Å². The van der Waals surface area contributed by atoms with Crippen LogP contribution in [0.1, 0.15) is 35.4 Å². The molecule has 3 aromatic carbocycles. The van der Waals surface area contributed by atoms with Crippen LogP contribution in [0.5, 0.6) is 5.75 Å². The van der Waals surface area contributed by atoms with E-state index in [1.165, 1.54) is 17.2 Å². The molecular formula is C29H31F3N6O. The Labute approximate surface area is 225 Å². The Kier molecular flexibility index (Phi) is 7.94. The Balaban J connectivity index is 1.46. The van der Waals surface area contributed by atoms with Crippen LogP contribution in [0, 0.1) is 0 Å². The van der Waals surface area contributed by atoms with Crippen molar-refractivity contribution in [1.29, 1.82) is 0 Å². The van der Waals surface area contributed by atoms with Gasteiger partial charge in [-0.25, -0.2) is 0 Å². The van der Waals surface area contributed by atoms with Gasteiger partial charge in [0, 0.05) is 43.7 Å². The molecule has 0 spiro atoms. The molecule has 2 heterocycles. The van der Waals surface area contributed by atoms with Crippen LogP contribution in [0.4, 0.5) is 13.2 Å². The topological polar surface area (TPSA) is 59.3 Å². The minimum absolute atomic E-state index is 0.166.